The van der Waals surface area contributed by atoms with E-state index in [2.05, 4.69) is 44.4 Å². The third-order valence-electron chi connectivity index (χ3n) is 6.36. The number of piperidine rings is 1. The van der Waals surface area contributed by atoms with Gasteiger partial charge in [0.1, 0.15) is 11.9 Å². The SMILES string of the molecule is N#Cc1cc(Nc2ccc3ccccc3n2)ccc1N1CCC(N2CCOCC2)CC1. The number of pyridine rings is 1. The standard InChI is InChI=1S/C25H27N5O/c26-18-20-17-21(27-25-8-5-19-3-1-2-4-23(19)28-25)6-7-24(20)30-11-9-22(10-12-30)29-13-15-31-16-14-29/h1-8,17,22H,9-16H2,(H,27,28). The van der Waals surface area contributed by atoms with Gasteiger partial charge in [-0.3, -0.25) is 4.90 Å². The summed E-state index contributed by atoms with van der Waals surface area (Å²) in [5.41, 5.74) is 3.56. The third kappa shape index (κ3) is 4.34. The molecule has 2 aliphatic rings. The highest BCUT2D eigenvalue weighted by molar-refractivity contribution is 5.81. The van der Waals surface area contributed by atoms with Crippen molar-refractivity contribution in [3.05, 3.63) is 60.2 Å². The molecule has 0 aliphatic carbocycles. The van der Waals surface area contributed by atoms with Crippen molar-refractivity contribution in [2.75, 3.05) is 49.6 Å². The number of fused-ring (bicyclic) bond motifs is 1. The number of nitrogens with one attached hydrogen (secondary N) is 1. The van der Waals surface area contributed by atoms with Crippen molar-refractivity contribution in [1.29, 1.82) is 5.26 Å². The molecule has 0 unspecified atom stereocenters. The van der Waals surface area contributed by atoms with Crippen LogP contribution in [0.25, 0.3) is 10.9 Å². The maximum absolute atomic E-state index is 9.79. The average molecular weight is 414 g/mol. The van der Waals surface area contributed by atoms with Crippen molar-refractivity contribution in [1.82, 2.24) is 9.88 Å². The van der Waals surface area contributed by atoms with E-state index in [-0.39, 0.29) is 0 Å². The maximum Gasteiger partial charge on any atom is 0.131 e. The Balaban J connectivity index is 1.28. The van der Waals surface area contributed by atoms with Crippen molar-refractivity contribution in [3.63, 3.8) is 0 Å². The van der Waals surface area contributed by atoms with Crippen LogP contribution in [0.15, 0.2) is 54.6 Å². The number of nitriles is 1. The summed E-state index contributed by atoms with van der Waals surface area (Å²) < 4.78 is 5.49. The van der Waals surface area contributed by atoms with Crippen LogP contribution < -0.4 is 10.2 Å². The van der Waals surface area contributed by atoms with Crippen LogP contribution in [0, 0.1) is 11.3 Å². The van der Waals surface area contributed by atoms with Crippen LogP contribution in [0.5, 0.6) is 0 Å². The number of benzene rings is 2. The average Bonchev–Trinajstić information content (AvgIpc) is 2.84. The fraction of sp³-hybridized carbons (Fsp3) is 0.360. The molecule has 3 heterocycles. The van der Waals surface area contributed by atoms with E-state index >= 15 is 0 Å². The molecule has 0 radical (unpaired) electrons. The van der Waals surface area contributed by atoms with Crippen LogP contribution in [0.4, 0.5) is 17.2 Å². The fourth-order valence-electron chi connectivity index (χ4n) is 4.68. The molecule has 2 aliphatic heterocycles. The lowest BCUT2D eigenvalue weighted by atomic mass is 10.0. The van der Waals surface area contributed by atoms with Gasteiger partial charge in [0.2, 0.25) is 0 Å². The molecule has 6 nitrogen and oxygen atoms in total. The molecule has 31 heavy (non-hydrogen) atoms. The summed E-state index contributed by atoms with van der Waals surface area (Å²) in [6.45, 7) is 5.73. The monoisotopic (exact) mass is 413 g/mol. The minimum Gasteiger partial charge on any atom is -0.379 e. The molecule has 0 saturated carbocycles. The normalized spacial score (nSPS) is 18.1. The van der Waals surface area contributed by atoms with Gasteiger partial charge in [-0.15, -0.1) is 0 Å². The molecule has 1 aromatic heterocycles. The Bertz CT molecular complexity index is 1090. The van der Waals surface area contributed by atoms with Crippen LogP contribution in [0.3, 0.4) is 0 Å². The Morgan fingerprint density at radius 1 is 0.968 bits per heavy atom. The summed E-state index contributed by atoms with van der Waals surface area (Å²) in [7, 11) is 0. The van der Waals surface area contributed by atoms with Gasteiger partial charge < -0.3 is 15.0 Å². The highest BCUT2D eigenvalue weighted by atomic mass is 16.5. The van der Waals surface area contributed by atoms with Gasteiger partial charge in [-0.2, -0.15) is 5.26 Å². The molecule has 0 spiro atoms. The van der Waals surface area contributed by atoms with Gasteiger partial charge in [-0.1, -0.05) is 18.2 Å². The van der Waals surface area contributed by atoms with Gasteiger partial charge >= 0.3 is 0 Å². The zero-order valence-electron chi connectivity index (χ0n) is 17.6. The Morgan fingerprint density at radius 3 is 2.58 bits per heavy atom. The first-order chi connectivity index (χ1) is 15.3. The number of ether oxygens (including phenoxy) is 1. The van der Waals surface area contributed by atoms with Crippen molar-refractivity contribution >= 4 is 28.1 Å². The summed E-state index contributed by atoms with van der Waals surface area (Å²) in [6, 6.07) is 21.2. The molecule has 1 N–H and O–H groups in total. The molecular weight excluding hydrogens is 386 g/mol. The van der Waals surface area contributed by atoms with E-state index in [0.29, 0.717) is 11.6 Å². The highest BCUT2D eigenvalue weighted by Gasteiger charge is 2.26. The third-order valence-corrected chi connectivity index (χ3v) is 6.36. The van der Waals surface area contributed by atoms with E-state index in [1.807, 2.05) is 36.4 Å². The van der Waals surface area contributed by atoms with E-state index in [4.69, 9.17) is 4.74 Å². The topological polar surface area (TPSA) is 64.4 Å². The van der Waals surface area contributed by atoms with Crippen LogP contribution in [-0.2, 0) is 4.74 Å². The van der Waals surface area contributed by atoms with Crippen LogP contribution in [0.1, 0.15) is 18.4 Å². The molecule has 0 bridgehead atoms. The minimum atomic E-state index is 0.630. The molecule has 2 aromatic carbocycles. The molecule has 2 fully saturated rings. The molecular formula is C25H27N5O. The lowest BCUT2D eigenvalue weighted by Gasteiger charge is -2.41. The zero-order chi connectivity index (χ0) is 21.0. The number of aromatic nitrogens is 1. The van der Waals surface area contributed by atoms with E-state index in [1.54, 1.807) is 0 Å². The Kier molecular flexibility index (Phi) is 5.70. The van der Waals surface area contributed by atoms with Crippen molar-refractivity contribution in [3.8, 4) is 6.07 Å². The molecule has 3 aromatic rings. The molecule has 2 saturated heterocycles. The molecule has 0 atom stereocenters. The van der Waals surface area contributed by atoms with Gasteiger partial charge in [0, 0.05) is 43.3 Å². The van der Waals surface area contributed by atoms with Gasteiger partial charge in [-0.05, 0) is 49.2 Å². The van der Waals surface area contributed by atoms with Crippen molar-refractivity contribution < 1.29 is 4.74 Å². The van der Waals surface area contributed by atoms with Gasteiger partial charge in [0.05, 0.1) is 30.0 Å². The van der Waals surface area contributed by atoms with E-state index in [0.717, 1.165) is 80.3 Å². The number of para-hydroxylation sites is 1. The highest BCUT2D eigenvalue weighted by Crippen LogP contribution is 2.29. The van der Waals surface area contributed by atoms with Gasteiger partial charge in [0.15, 0.2) is 0 Å². The molecule has 0 amide bonds. The number of nitrogens with zero attached hydrogens (tertiary/aromatic N) is 4. The van der Waals surface area contributed by atoms with Crippen molar-refractivity contribution in [2.45, 2.75) is 18.9 Å². The smallest absolute Gasteiger partial charge is 0.131 e. The van der Waals surface area contributed by atoms with Crippen molar-refractivity contribution in [2.24, 2.45) is 0 Å². The molecule has 158 valence electrons. The lowest BCUT2D eigenvalue weighted by Crippen LogP contribution is -2.49. The predicted molar refractivity (Wildman–Crippen MR) is 124 cm³/mol. The quantitative estimate of drug-likeness (QED) is 0.693. The first kappa shape index (κ1) is 19.8. The summed E-state index contributed by atoms with van der Waals surface area (Å²) in [5, 5.41) is 14.3. The number of hydrogen-bond acceptors (Lipinski definition) is 6. The van der Waals surface area contributed by atoms with E-state index < -0.39 is 0 Å². The minimum absolute atomic E-state index is 0.630. The van der Waals surface area contributed by atoms with Gasteiger partial charge in [-0.25, -0.2) is 4.98 Å². The number of anilines is 3. The number of rotatable bonds is 4. The van der Waals surface area contributed by atoms with E-state index in [1.165, 1.54) is 0 Å². The largest absolute Gasteiger partial charge is 0.379 e. The predicted octanol–water partition coefficient (Wildman–Crippen LogP) is 4.15. The second kappa shape index (κ2) is 8.93. The Labute approximate surface area is 183 Å². The Morgan fingerprint density at radius 2 is 1.77 bits per heavy atom. The first-order valence-electron chi connectivity index (χ1n) is 11.0. The van der Waals surface area contributed by atoms with Crippen LogP contribution in [-0.4, -0.2) is 55.3 Å². The molecule has 5 rings (SSSR count). The molecule has 6 heteroatoms. The second-order valence-corrected chi connectivity index (χ2v) is 8.22. The lowest BCUT2D eigenvalue weighted by molar-refractivity contribution is 0.0115. The summed E-state index contributed by atoms with van der Waals surface area (Å²) in [5.74, 6) is 0.779. The summed E-state index contributed by atoms with van der Waals surface area (Å²) in [6.07, 6.45) is 2.26. The van der Waals surface area contributed by atoms with E-state index in [9.17, 15) is 5.26 Å². The number of hydrogen-bond donors (Lipinski definition) is 1. The van der Waals surface area contributed by atoms with Crippen LogP contribution >= 0.6 is 0 Å². The number of morpholine rings is 1. The van der Waals surface area contributed by atoms with Gasteiger partial charge in [0.25, 0.3) is 0 Å². The fourth-order valence-corrected chi connectivity index (χ4v) is 4.68. The first-order valence-corrected chi connectivity index (χ1v) is 11.0. The zero-order valence-corrected chi connectivity index (χ0v) is 17.6. The summed E-state index contributed by atoms with van der Waals surface area (Å²) in [4.78, 5) is 9.59. The Hall–Kier alpha value is -3.14. The second-order valence-electron chi connectivity index (χ2n) is 8.22. The van der Waals surface area contributed by atoms with Crippen LogP contribution in [0.2, 0.25) is 0 Å². The maximum atomic E-state index is 9.79. The summed E-state index contributed by atoms with van der Waals surface area (Å²) >= 11 is 0.